The molecule has 1 aromatic carbocycles. The van der Waals surface area contributed by atoms with Crippen LogP contribution in [0.3, 0.4) is 0 Å². The molecule has 0 fully saturated rings. The fraction of sp³-hybridized carbons (Fsp3) is 0.357. The fourth-order valence-corrected chi connectivity index (χ4v) is 1.81. The first-order valence-corrected chi connectivity index (χ1v) is 6.09. The molecule has 1 unspecified atom stereocenters. The maximum atomic E-state index is 12.1. The Bertz CT molecular complexity index is 462. The number of halogens is 1. The van der Waals surface area contributed by atoms with Gasteiger partial charge in [-0.25, -0.2) is 0 Å². The molecule has 0 heterocycles. The number of ketones is 3. The minimum absolute atomic E-state index is 0.0230. The van der Waals surface area contributed by atoms with Crippen molar-refractivity contribution in [2.24, 2.45) is 5.92 Å². The molecule has 0 radical (unpaired) electrons. The Hall–Kier alpha value is -1.48. The molecular formula is C14H15ClO3. The lowest BCUT2D eigenvalue weighted by Crippen LogP contribution is -2.22. The van der Waals surface area contributed by atoms with Crippen LogP contribution in [-0.4, -0.2) is 17.3 Å². The molecule has 0 aromatic heterocycles. The van der Waals surface area contributed by atoms with E-state index in [0.29, 0.717) is 10.6 Å². The number of Topliss-reactive ketones (excluding diaryl/α,β-unsaturated/α-hetero) is 3. The lowest BCUT2D eigenvalue weighted by molar-refractivity contribution is -0.120. The van der Waals surface area contributed by atoms with Crippen LogP contribution in [0.5, 0.6) is 0 Å². The largest absolute Gasteiger partial charge is 0.300 e. The maximum Gasteiger partial charge on any atom is 0.173 e. The van der Waals surface area contributed by atoms with Gasteiger partial charge < -0.3 is 4.79 Å². The molecule has 0 N–H and O–H groups in total. The van der Waals surface area contributed by atoms with Crippen molar-refractivity contribution >= 4 is 29.0 Å². The van der Waals surface area contributed by atoms with E-state index in [1.807, 2.05) is 0 Å². The van der Waals surface area contributed by atoms with Gasteiger partial charge in [0.25, 0.3) is 0 Å². The summed E-state index contributed by atoms with van der Waals surface area (Å²) in [6.45, 7) is 2.82. The van der Waals surface area contributed by atoms with E-state index in [-0.39, 0.29) is 30.2 Å². The summed E-state index contributed by atoms with van der Waals surface area (Å²) in [5.74, 6) is -1.23. The summed E-state index contributed by atoms with van der Waals surface area (Å²) in [5.41, 5.74) is 0.447. The minimum atomic E-state index is -0.741. The first-order valence-electron chi connectivity index (χ1n) is 5.71. The van der Waals surface area contributed by atoms with E-state index in [4.69, 9.17) is 11.6 Å². The molecule has 1 rings (SSSR count). The summed E-state index contributed by atoms with van der Waals surface area (Å²) in [6.07, 6.45) is 0.510. The third kappa shape index (κ3) is 4.08. The fourth-order valence-electron chi connectivity index (χ4n) is 1.68. The van der Waals surface area contributed by atoms with Crippen LogP contribution in [-0.2, 0) is 9.59 Å². The summed E-state index contributed by atoms with van der Waals surface area (Å²) in [6, 6.07) is 6.40. The van der Waals surface area contributed by atoms with Crippen molar-refractivity contribution in [2.75, 3.05) is 0 Å². The van der Waals surface area contributed by atoms with Gasteiger partial charge in [0.05, 0.1) is 5.92 Å². The van der Waals surface area contributed by atoms with E-state index in [2.05, 4.69) is 0 Å². The Morgan fingerprint density at radius 1 is 1.11 bits per heavy atom. The number of carbonyl (C=O) groups is 3. The Morgan fingerprint density at radius 3 is 2.11 bits per heavy atom. The quantitative estimate of drug-likeness (QED) is 0.587. The van der Waals surface area contributed by atoms with Gasteiger partial charge in [-0.15, -0.1) is 0 Å². The number of rotatable bonds is 6. The van der Waals surface area contributed by atoms with Crippen LogP contribution in [0.25, 0.3) is 0 Å². The monoisotopic (exact) mass is 266 g/mol. The van der Waals surface area contributed by atoms with Gasteiger partial charge in [-0.05, 0) is 44.5 Å². The SMILES string of the molecule is CC(=O)CCC(C(C)=O)C(=O)c1ccc(Cl)cc1. The van der Waals surface area contributed by atoms with Crippen LogP contribution in [0.15, 0.2) is 24.3 Å². The van der Waals surface area contributed by atoms with Gasteiger partial charge in [0, 0.05) is 17.0 Å². The van der Waals surface area contributed by atoms with Crippen LogP contribution in [0.4, 0.5) is 0 Å². The highest BCUT2D eigenvalue weighted by atomic mass is 35.5. The number of carbonyl (C=O) groups excluding carboxylic acids is 3. The summed E-state index contributed by atoms with van der Waals surface area (Å²) in [5, 5.41) is 0.537. The predicted molar refractivity (Wildman–Crippen MR) is 69.9 cm³/mol. The summed E-state index contributed by atoms with van der Waals surface area (Å²) in [4.78, 5) is 34.5. The number of hydrogen-bond acceptors (Lipinski definition) is 3. The summed E-state index contributed by atoms with van der Waals surface area (Å²) in [7, 11) is 0. The topological polar surface area (TPSA) is 51.2 Å². The zero-order chi connectivity index (χ0) is 13.7. The van der Waals surface area contributed by atoms with Gasteiger partial charge in [0.2, 0.25) is 0 Å². The van der Waals surface area contributed by atoms with E-state index in [1.54, 1.807) is 24.3 Å². The molecule has 18 heavy (non-hydrogen) atoms. The zero-order valence-electron chi connectivity index (χ0n) is 10.4. The second kappa shape index (κ2) is 6.45. The lowest BCUT2D eigenvalue weighted by Gasteiger charge is -2.11. The third-order valence-electron chi connectivity index (χ3n) is 2.72. The van der Waals surface area contributed by atoms with Gasteiger partial charge in [0.15, 0.2) is 5.78 Å². The Balaban J connectivity index is 2.85. The highest BCUT2D eigenvalue weighted by Gasteiger charge is 2.24. The van der Waals surface area contributed by atoms with E-state index < -0.39 is 5.92 Å². The Labute approximate surface area is 111 Å². The van der Waals surface area contributed by atoms with E-state index in [0.717, 1.165) is 0 Å². The molecule has 0 bridgehead atoms. The van der Waals surface area contributed by atoms with Gasteiger partial charge in [0.1, 0.15) is 11.6 Å². The molecule has 96 valence electrons. The molecule has 1 atom stereocenters. The van der Waals surface area contributed by atoms with Gasteiger partial charge in [-0.3, -0.25) is 9.59 Å². The minimum Gasteiger partial charge on any atom is -0.300 e. The lowest BCUT2D eigenvalue weighted by atomic mass is 9.89. The van der Waals surface area contributed by atoms with Crippen molar-refractivity contribution in [3.63, 3.8) is 0 Å². The van der Waals surface area contributed by atoms with Gasteiger partial charge >= 0.3 is 0 Å². The maximum absolute atomic E-state index is 12.1. The first-order chi connectivity index (χ1) is 8.41. The second-order valence-electron chi connectivity index (χ2n) is 4.28. The molecule has 0 spiro atoms. The van der Waals surface area contributed by atoms with Crippen LogP contribution < -0.4 is 0 Å². The second-order valence-corrected chi connectivity index (χ2v) is 4.71. The van der Waals surface area contributed by atoms with Gasteiger partial charge in [-0.2, -0.15) is 0 Å². The van der Waals surface area contributed by atoms with Crippen molar-refractivity contribution in [1.29, 1.82) is 0 Å². The predicted octanol–water partition coefficient (Wildman–Crippen LogP) is 3.10. The molecule has 0 amide bonds. The van der Waals surface area contributed by atoms with E-state index >= 15 is 0 Å². The number of hydrogen-bond donors (Lipinski definition) is 0. The highest BCUT2D eigenvalue weighted by molar-refractivity contribution is 6.30. The van der Waals surface area contributed by atoms with E-state index in [9.17, 15) is 14.4 Å². The molecule has 1 aromatic rings. The molecule has 0 saturated heterocycles. The van der Waals surface area contributed by atoms with Crippen molar-refractivity contribution in [2.45, 2.75) is 26.7 Å². The molecule has 0 aliphatic carbocycles. The van der Waals surface area contributed by atoms with Crippen LogP contribution in [0.2, 0.25) is 5.02 Å². The molecule has 3 nitrogen and oxygen atoms in total. The smallest absolute Gasteiger partial charge is 0.173 e. The van der Waals surface area contributed by atoms with Crippen molar-refractivity contribution in [3.8, 4) is 0 Å². The van der Waals surface area contributed by atoms with Crippen molar-refractivity contribution < 1.29 is 14.4 Å². The van der Waals surface area contributed by atoms with Crippen molar-refractivity contribution in [3.05, 3.63) is 34.9 Å². The zero-order valence-corrected chi connectivity index (χ0v) is 11.2. The molecule has 0 aliphatic heterocycles. The Morgan fingerprint density at radius 2 is 1.67 bits per heavy atom. The normalized spacial score (nSPS) is 11.9. The van der Waals surface area contributed by atoms with Crippen LogP contribution in [0, 0.1) is 5.92 Å². The molecule has 0 aliphatic rings. The standard InChI is InChI=1S/C14H15ClO3/c1-9(16)3-8-13(10(2)17)14(18)11-4-6-12(15)7-5-11/h4-7,13H,3,8H2,1-2H3. The highest BCUT2D eigenvalue weighted by Crippen LogP contribution is 2.18. The average molecular weight is 267 g/mol. The average Bonchev–Trinajstić information content (AvgIpc) is 2.29. The van der Waals surface area contributed by atoms with Crippen LogP contribution in [0.1, 0.15) is 37.0 Å². The van der Waals surface area contributed by atoms with Crippen molar-refractivity contribution in [1.82, 2.24) is 0 Å². The molecular weight excluding hydrogens is 252 g/mol. The summed E-state index contributed by atoms with van der Waals surface area (Å²) < 4.78 is 0. The first kappa shape index (κ1) is 14.6. The van der Waals surface area contributed by atoms with E-state index in [1.165, 1.54) is 13.8 Å². The third-order valence-corrected chi connectivity index (χ3v) is 2.97. The Kier molecular flexibility index (Phi) is 5.23. The van der Waals surface area contributed by atoms with Crippen LogP contribution >= 0.6 is 11.6 Å². The molecule has 0 saturated carbocycles. The molecule has 4 heteroatoms. The summed E-state index contributed by atoms with van der Waals surface area (Å²) >= 11 is 5.74. The number of benzene rings is 1. The van der Waals surface area contributed by atoms with Gasteiger partial charge in [-0.1, -0.05) is 11.6 Å².